The Morgan fingerprint density at radius 2 is 2.11 bits per heavy atom. The Morgan fingerprint density at radius 3 is 2.56 bits per heavy atom. The number of rotatable bonds is 6. The van der Waals surface area contributed by atoms with Crippen LogP contribution in [0.15, 0.2) is 9.63 Å². The zero-order valence-corrected chi connectivity index (χ0v) is 12.9. The molecule has 18 heavy (non-hydrogen) atoms. The molecule has 0 aliphatic heterocycles. The molecule has 0 aromatic carbocycles. The van der Waals surface area contributed by atoms with Crippen LogP contribution in [0.25, 0.3) is 0 Å². The van der Waals surface area contributed by atoms with Gasteiger partial charge in [0, 0.05) is 20.2 Å². The molecular formula is C9H17BrN4O3S. The molecule has 0 spiro atoms. The molecule has 1 rings (SSSR count). The minimum Gasteiger partial charge on any atom is -0.396 e. The molecule has 0 radical (unpaired) electrons. The van der Waals surface area contributed by atoms with Crippen molar-refractivity contribution in [2.75, 3.05) is 13.2 Å². The third-order valence-corrected chi connectivity index (χ3v) is 4.81. The molecule has 0 saturated carbocycles. The van der Waals surface area contributed by atoms with Gasteiger partial charge in [-0.1, -0.05) is 19.1 Å². The van der Waals surface area contributed by atoms with Crippen LogP contribution in [0, 0.1) is 5.41 Å². The maximum absolute atomic E-state index is 12.1. The average molecular weight is 341 g/mol. The Hall–Kier alpha value is -0.510. The maximum atomic E-state index is 12.1. The lowest BCUT2D eigenvalue weighted by molar-refractivity contribution is 0.213. The molecule has 1 heterocycles. The van der Waals surface area contributed by atoms with Gasteiger partial charge in [0.15, 0.2) is 4.60 Å². The monoisotopic (exact) mass is 340 g/mol. The number of aromatic nitrogens is 3. The molecule has 0 aliphatic rings. The summed E-state index contributed by atoms with van der Waals surface area (Å²) < 4.78 is 28.0. The van der Waals surface area contributed by atoms with Crippen LogP contribution in [-0.2, 0) is 17.1 Å². The van der Waals surface area contributed by atoms with Gasteiger partial charge >= 0.3 is 0 Å². The first-order valence-electron chi connectivity index (χ1n) is 5.35. The highest BCUT2D eigenvalue weighted by molar-refractivity contribution is 9.10. The first-order valence-corrected chi connectivity index (χ1v) is 7.63. The van der Waals surface area contributed by atoms with Gasteiger partial charge < -0.3 is 5.11 Å². The van der Waals surface area contributed by atoms with Gasteiger partial charge in [0.2, 0.25) is 5.03 Å². The molecule has 0 bridgehead atoms. The summed E-state index contributed by atoms with van der Waals surface area (Å²) in [6.07, 6.45) is 0.514. The number of hydrogen-bond acceptors (Lipinski definition) is 5. The quantitative estimate of drug-likeness (QED) is 0.774. The van der Waals surface area contributed by atoms with Gasteiger partial charge in [0.1, 0.15) is 0 Å². The Balaban J connectivity index is 2.84. The lowest BCUT2D eigenvalue weighted by atomic mass is 9.90. The van der Waals surface area contributed by atoms with Crippen LogP contribution in [0.4, 0.5) is 0 Å². The van der Waals surface area contributed by atoms with Gasteiger partial charge in [-0.3, -0.25) is 0 Å². The zero-order chi connectivity index (χ0) is 14.0. The summed E-state index contributed by atoms with van der Waals surface area (Å²) in [5.74, 6) is 0. The van der Waals surface area contributed by atoms with Gasteiger partial charge in [-0.25, -0.2) is 17.8 Å². The third-order valence-electron chi connectivity index (χ3n) is 2.52. The van der Waals surface area contributed by atoms with E-state index in [0.717, 1.165) is 0 Å². The van der Waals surface area contributed by atoms with E-state index < -0.39 is 10.0 Å². The molecule has 7 nitrogen and oxygen atoms in total. The minimum atomic E-state index is -3.67. The van der Waals surface area contributed by atoms with Gasteiger partial charge in [-0.05, 0) is 27.8 Å². The smallest absolute Gasteiger partial charge is 0.260 e. The summed E-state index contributed by atoms with van der Waals surface area (Å²) >= 11 is 3.05. The molecular weight excluding hydrogens is 324 g/mol. The second-order valence-corrected chi connectivity index (χ2v) is 7.20. The molecule has 0 fully saturated rings. The molecule has 0 saturated heterocycles. The average Bonchev–Trinajstić information content (AvgIpc) is 2.56. The fraction of sp³-hybridized carbons (Fsp3) is 0.778. The fourth-order valence-electron chi connectivity index (χ4n) is 1.36. The Labute approximate surface area is 115 Å². The van der Waals surface area contributed by atoms with Gasteiger partial charge in [0.25, 0.3) is 10.0 Å². The van der Waals surface area contributed by atoms with E-state index in [2.05, 4.69) is 31.0 Å². The van der Waals surface area contributed by atoms with Crippen LogP contribution < -0.4 is 4.72 Å². The van der Waals surface area contributed by atoms with Crippen molar-refractivity contribution in [3.8, 4) is 0 Å². The summed E-state index contributed by atoms with van der Waals surface area (Å²) in [7, 11) is -2.17. The minimum absolute atomic E-state index is 0.0118. The van der Waals surface area contributed by atoms with E-state index in [1.807, 2.05) is 13.8 Å². The van der Waals surface area contributed by atoms with Crippen molar-refractivity contribution in [1.82, 2.24) is 19.7 Å². The van der Waals surface area contributed by atoms with E-state index in [4.69, 9.17) is 5.11 Å². The van der Waals surface area contributed by atoms with Crippen molar-refractivity contribution in [1.29, 1.82) is 0 Å². The molecule has 104 valence electrons. The summed E-state index contributed by atoms with van der Waals surface area (Å²) in [6.45, 7) is 4.00. The normalized spacial score (nSPS) is 12.9. The molecule has 0 aliphatic carbocycles. The molecule has 2 N–H and O–H groups in total. The molecule has 0 amide bonds. The number of nitrogens with one attached hydrogen (secondary N) is 1. The second-order valence-electron chi connectivity index (χ2n) is 4.77. The SMILES string of the molecule is Cn1nnc(Br)c1S(=O)(=O)NCC(C)(C)CCO. The Kier molecular flexibility index (Phi) is 4.87. The predicted octanol–water partition coefficient (Wildman–Crippen LogP) is 0.264. The highest BCUT2D eigenvalue weighted by Gasteiger charge is 2.26. The van der Waals surface area contributed by atoms with Crippen LogP contribution in [0.3, 0.4) is 0 Å². The van der Waals surface area contributed by atoms with E-state index in [0.29, 0.717) is 6.42 Å². The van der Waals surface area contributed by atoms with E-state index in [9.17, 15) is 8.42 Å². The van der Waals surface area contributed by atoms with Crippen LogP contribution in [0.1, 0.15) is 20.3 Å². The van der Waals surface area contributed by atoms with Gasteiger partial charge in [0.05, 0.1) is 0 Å². The van der Waals surface area contributed by atoms with E-state index in [-0.39, 0.29) is 28.2 Å². The molecule has 0 atom stereocenters. The highest BCUT2D eigenvalue weighted by Crippen LogP contribution is 2.21. The molecule has 1 aromatic heterocycles. The number of nitrogens with zero attached hydrogens (tertiary/aromatic N) is 3. The van der Waals surface area contributed by atoms with Crippen LogP contribution >= 0.6 is 15.9 Å². The number of aliphatic hydroxyl groups excluding tert-OH is 1. The lowest BCUT2D eigenvalue weighted by Gasteiger charge is -2.23. The lowest BCUT2D eigenvalue weighted by Crippen LogP contribution is -2.35. The largest absolute Gasteiger partial charge is 0.396 e. The number of halogens is 1. The summed E-state index contributed by atoms with van der Waals surface area (Å²) in [4.78, 5) is 0. The first-order chi connectivity index (χ1) is 8.19. The van der Waals surface area contributed by atoms with E-state index in [1.165, 1.54) is 11.7 Å². The molecule has 1 aromatic rings. The second kappa shape index (κ2) is 5.64. The van der Waals surface area contributed by atoms with Crippen molar-refractivity contribution < 1.29 is 13.5 Å². The van der Waals surface area contributed by atoms with Crippen LogP contribution in [0.5, 0.6) is 0 Å². The Bertz CT molecular complexity index is 492. The highest BCUT2D eigenvalue weighted by atomic mass is 79.9. The zero-order valence-electron chi connectivity index (χ0n) is 10.5. The number of sulfonamides is 1. The van der Waals surface area contributed by atoms with E-state index in [1.54, 1.807) is 0 Å². The Morgan fingerprint density at radius 1 is 1.50 bits per heavy atom. The van der Waals surface area contributed by atoms with Crippen LogP contribution in [0.2, 0.25) is 0 Å². The van der Waals surface area contributed by atoms with E-state index >= 15 is 0 Å². The van der Waals surface area contributed by atoms with Crippen molar-refractivity contribution in [2.45, 2.75) is 25.3 Å². The molecule has 0 unspecified atom stereocenters. The topological polar surface area (TPSA) is 97.1 Å². The summed E-state index contributed by atoms with van der Waals surface area (Å²) in [5.41, 5.74) is -0.319. The third kappa shape index (κ3) is 3.74. The standard InChI is InChI=1S/C9H17BrN4O3S/c1-9(2,4-5-15)6-11-18(16,17)8-7(10)12-13-14(8)3/h11,15H,4-6H2,1-3H3. The molecule has 9 heteroatoms. The van der Waals surface area contributed by atoms with Crippen molar-refractivity contribution in [2.24, 2.45) is 12.5 Å². The number of hydrogen-bond donors (Lipinski definition) is 2. The maximum Gasteiger partial charge on any atom is 0.260 e. The first kappa shape index (κ1) is 15.5. The number of aliphatic hydroxyl groups is 1. The number of aryl methyl sites for hydroxylation is 1. The van der Waals surface area contributed by atoms with Crippen molar-refractivity contribution in [3.63, 3.8) is 0 Å². The van der Waals surface area contributed by atoms with Gasteiger partial charge in [-0.2, -0.15) is 0 Å². The van der Waals surface area contributed by atoms with Gasteiger partial charge in [-0.15, -0.1) is 5.10 Å². The van der Waals surface area contributed by atoms with Crippen molar-refractivity contribution >= 4 is 26.0 Å². The fourth-order valence-corrected chi connectivity index (χ4v) is 3.69. The summed E-state index contributed by atoms with van der Waals surface area (Å²) in [5, 5.41) is 16.1. The predicted molar refractivity (Wildman–Crippen MR) is 69.4 cm³/mol. The summed E-state index contributed by atoms with van der Waals surface area (Å²) in [6, 6.07) is 0. The van der Waals surface area contributed by atoms with Crippen molar-refractivity contribution in [3.05, 3.63) is 4.60 Å². The van der Waals surface area contributed by atoms with Crippen LogP contribution in [-0.4, -0.2) is 41.7 Å².